The van der Waals surface area contributed by atoms with Gasteiger partial charge < -0.3 is 16.2 Å². The van der Waals surface area contributed by atoms with Gasteiger partial charge in [-0.15, -0.1) is 12.4 Å². The number of hydrogen-bond donors (Lipinski definition) is 2. The second-order valence-corrected chi connectivity index (χ2v) is 4.17. The lowest BCUT2D eigenvalue weighted by Gasteiger charge is -2.12. The average molecular weight is 279 g/mol. The van der Waals surface area contributed by atoms with Gasteiger partial charge in [-0.25, -0.2) is 0 Å². The van der Waals surface area contributed by atoms with Gasteiger partial charge >= 0.3 is 0 Å². The number of benzene rings is 2. The summed E-state index contributed by atoms with van der Waals surface area (Å²) in [6.45, 7) is 0.588. The molecule has 2 aromatic rings. The normalized spacial score (nSPS) is 11.5. The number of ether oxygens (including phenoxy) is 1. The van der Waals surface area contributed by atoms with E-state index in [0.29, 0.717) is 6.54 Å². The van der Waals surface area contributed by atoms with E-state index in [4.69, 9.17) is 16.2 Å². The summed E-state index contributed by atoms with van der Waals surface area (Å²) < 4.78 is 5.76. The zero-order valence-corrected chi connectivity index (χ0v) is 11.5. The van der Waals surface area contributed by atoms with Crippen LogP contribution < -0.4 is 16.2 Å². The molecular weight excluding hydrogens is 260 g/mol. The lowest BCUT2D eigenvalue weighted by atomic mass is 10.0. The molecule has 0 bridgehead atoms. The lowest BCUT2D eigenvalue weighted by Crippen LogP contribution is -2.15. The third kappa shape index (κ3) is 4.56. The number of halogens is 1. The van der Waals surface area contributed by atoms with Gasteiger partial charge in [0.1, 0.15) is 11.5 Å². The van der Waals surface area contributed by atoms with Crippen molar-refractivity contribution in [2.24, 2.45) is 11.5 Å². The Morgan fingerprint density at radius 3 is 2.32 bits per heavy atom. The molecule has 0 heterocycles. The summed E-state index contributed by atoms with van der Waals surface area (Å²) in [5.74, 6) is 1.62. The molecule has 0 unspecified atom stereocenters. The topological polar surface area (TPSA) is 61.3 Å². The largest absolute Gasteiger partial charge is 0.457 e. The van der Waals surface area contributed by atoms with Crippen molar-refractivity contribution in [1.82, 2.24) is 0 Å². The van der Waals surface area contributed by atoms with Crippen LogP contribution in [0.2, 0.25) is 0 Å². The fourth-order valence-electron chi connectivity index (χ4n) is 1.78. The number of para-hydroxylation sites is 1. The lowest BCUT2D eigenvalue weighted by molar-refractivity contribution is 0.481. The Morgan fingerprint density at radius 1 is 0.947 bits per heavy atom. The summed E-state index contributed by atoms with van der Waals surface area (Å²) in [7, 11) is 0. The quantitative estimate of drug-likeness (QED) is 0.882. The minimum absolute atomic E-state index is 0. The van der Waals surface area contributed by atoms with E-state index in [-0.39, 0.29) is 18.4 Å². The van der Waals surface area contributed by atoms with Crippen LogP contribution in [-0.4, -0.2) is 6.54 Å². The molecule has 0 fully saturated rings. The zero-order chi connectivity index (χ0) is 12.8. The molecule has 0 radical (unpaired) electrons. The molecule has 0 aliphatic heterocycles. The minimum Gasteiger partial charge on any atom is -0.457 e. The van der Waals surface area contributed by atoms with Crippen molar-refractivity contribution in [2.75, 3.05) is 6.54 Å². The van der Waals surface area contributed by atoms with Crippen LogP contribution in [-0.2, 0) is 0 Å². The van der Waals surface area contributed by atoms with Crippen molar-refractivity contribution >= 4 is 12.4 Å². The van der Waals surface area contributed by atoms with Crippen LogP contribution in [0.3, 0.4) is 0 Å². The summed E-state index contributed by atoms with van der Waals surface area (Å²) in [5.41, 5.74) is 12.6. The maximum absolute atomic E-state index is 6.03. The van der Waals surface area contributed by atoms with Gasteiger partial charge in [0.2, 0.25) is 0 Å². The summed E-state index contributed by atoms with van der Waals surface area (Å²) in [5, 5.41) is 0. The first kappa shape index (κ1) is 15.5. The molecule has 0 saturated heterocycles. The van der Waals surface area contributed by atoms with E-state index in [1.54, 1.807) is 0 Å². The second-order valence-electron chi connectivity index (χ2n) is 4.17. The van der Waals surface area contributed by atoms with Crippen molar-refractivity contribution in [3.05, 3.63) is 60.2 Å². The predicted molar refractivity (Wildman–Crippen MR) is 80.8 cm³/mol. The van der Waals surface area contributed by atoms with Crippen molar-refractivity contribution < 1.29 is 4.74 Å². The zero-order valence-electron chi connectivity index (χ0n) is 10.7. The molecule has 2 aromatic carbocycles. The molecule has 4 heteroatoms. The summed E-state index contributed by atoms with van der Waals surface area (Å²) >= 11 is 0. The Kier molecular flexibility index (Phi) is 6.36. The Hall–Kier alpha value is -1.55. The third-order valence-electron chi connectivity index (χ3n) is 2.74. The number of hydrogen-bond acceptors (Lipinski definition) is 3. The highest BCUT2D eigenvalue weighted by Crippen LogP contribution is 2.24. The molecular formula is C15H19ClN2O. The van der Waals surface area contributed by atoms with E-state index in [2.05, 4.69) is 0 Å². The first-order chi connectivity index (χ1) is 8.79. The first-order valence-corrected chi connectivity index (χ1v) is 6.08. The van der Waals surface area contributed by atoms with Crippen LogP contribution in [0.4, 0.5) is 0 Å². The van der Waals surface area contributed by atoms with E-state index >= 15 is 0 Å². The molecule has 0 aliphatic rings. The molecule has 0 spiro atoms. The van der Waals surface area contributed by atoms with Gasteiger partial charge in [-0.1, -0.05) is 30.3 Å². The predicted octanol–water partition coefficient (Wildman–Crippen LogP) is 3.25. The Labute approximate surface area is 120 Å². The summed E-state index contributed by atoms with van der Waals surface area (Å²) in [6.07, 6.45) is 0.773. The van der Waals surface area contributed by atoms with Crippen molar-refractivity contribution in [1.29, 1.82) is 0 Å². The average Bonchev–Trinajstić information content (AvgIpc) is 2.40. The molecule has 19 heavy (non-hydrogen) atoms. The molecule has 0 saturated carbocycles. The van der Waals surface area contributed by atoms with Crippen LogP contribution in [0.1, 0.15) is 18.0 Å². The van der Waals surface area contributed by atoms with Gasteiger partial charge in [0.05, 0.1) is 0 Å². The molecule has 0 aromatic heterocycles. The molecule has 4 N–H and O–H groups in total. The SMILES string of the molecule is Cl.NCC[C@@H](N)c1cccc(Oc2ccccc2)c1. The third-order valence-corrected chi connectivity index (χ3v) is 2.74. The fraction of sp³-hybridized carbons (Fsp3) is 0.200. The van der Waals surface area contributed by atoms with Gasteiger partial charge in [-0.2, -0.15) is 0 Å². The monoisotopic (exact) mass is 278 g/mol. The Morgan fingerprint density at radius 2 is 1.63 bits per heavy atom. The number of nitrogens with two attached hydrogens (primary N) is 2. The molecule has 0 aliphatic carbocycles. The molecule has 102 valence electrons. The highest BCUT2D eigenvalue weighted by molar-refractivity contribution is 5.85. The van der Waals surface area contributed by atoms with Gasteiger partial charge in [-0.05, 0) is 42.8 Å². The fourth-order valence-corrected chi connectivity index (χ4v) is 1.78. The van der Waals surface area contributed by atoms with E-state index in [1.807, 2.05) is 54.6 Å². The van der Waals surface area contributed by atoms with Crippen LogP contribution in [0, 0.1) is 0 Å². The molecule has 2 rings (SSSR count). The van der Waals surface area contributed by atoms with E-state index < -0.39 is 0 Å². The van der Waals surface area contributed by atoms with E-state index in [0.717, 1.165) is 23.5 Å². The highest BCUT2D eigenvalue weighted by atomic mass is 35.5. The van der Waals surface area contributed by atoms with Crippen LogP contribution in [0.15, 0.2) is 54.6 Å². The standard InChI is InChI=1S/C15H18N2O.ClH/c16-10-9-15(17)12-5-4-8-14(11-12)18-13-6-2-1-3-7-13;/h1-8,11,15H,9-10,16-17H2;1H/t15-;/m1./s1. The number of rotatable bonds is 5. The second kappa shape index (κ2) is 7.79. The summed E-state index contributed by atoms with van der Waals surface area (Å²) in [4.78, 5) is 0. The summed E-state index contributed by atoms with van der Waals surface area (Å²) in [6, 6.07) is 17.5. The molecule has 3 nitrogen and oxygen atoms in total. The van der Waals surface area contributed by atoms with E-state index in [9.17, 15) is 0 Å². The van der Waals surface area contributed by atoms with Crippen LogP contribution in [0.25, 0.3) is 0 Å². The van der Waals surface area contributed by atoms with Gasteiger partial charge in [-0.3, -0.25) is 0 Å². The van der Waals surface area contributed by atoms with Crippen LogP contribution >= 0.6 is 12.4 Å². The Balaban J connectivity index is 0.00000180. The first-order valence-electron chi connectivity index (χ1n) is 6.08. The molecule has 0 amide bonds. The van der Waals surface area contributed by atoms with Gasteiger partial charge in [0.15, 0.2) is 0 Å². The van der Waals surface area contributed by atoms with Crippen molar-refractivity contribution in [3.63, 3.8) is 0 Å². The van der Waals surface area contributed by atoms with Gasteiger partial charge in [0, 0.05) is 6.04 Å². The smallest absolute Gasteiger partial charge is 0.127 e. The van der Waals surface area contributed by atoms with E-state index in [1.165, 1.54) is 0 Å². The molecule has 1 atom stereocenters. The minimum atomic E-state index is -0.0330. The van der Waals surface area contributed by atoms with Crippen LogP contribution in [0.5, 0.6) is 11.5 Å². The van der Waals surface area contributed by atoms with Gasteiger partial charge in [0.25, 0.3) is 0 Å². The van der Waals surface area contributed by atoms with Crippen molar-refractivity contribution in [2.45, 2.75) is 12.5 Å². The maximum atomic E-state index is 6.03. The highest BCUT2D eigenvalue weighted by Gasteiger charge is 2.06. The van der Waals surface area contributed by atoms with Crippen molar-refractivity contribution in [3.8, 4) is 11.5 Å². The maximum Gasteiger partial charge on any atom is 0.127 e. The Bertz CT molecular complexity index is 491.